The van der Waals surface area contributed by atoms with Crippen molar-refractivity contribution in [3.8, 4) is 85.8 Å². The number of aryl methyl sites for hydroxylation is 1. The highest BCUT2D eigenvalue weighted by Gasteiger charge is 2.31. The van der Waals surface area contributed by atoms with Crippen LogP contribution in [0.15, 0.2) is 278 Å². The molecule has 1 saturated carbocycles. The van der Waals surface area contributed by atoms with E-state index in [1.165, 1.54) is 0 Å². The quantitative estimate of drug-likeness (QED) is 0.0502. The summed E-state index contributed by atoms with van der Waals surface area (Å²) in [4.78, 5) is 37.2. The number of phenolic OH excluding ortho intramolecular Hbond substituents is 3. The second-order valence-electron chi connectivity index (χ2n) is 25.6. The summed E-state index contributed by atoms with van der Waals surface area (Å²) in [6, 6.07) is 74.2. The van der Waals surface area contributed by atoms with Gasteiger partial charge in [0.05, 0.1) is 58.7 Å². The SMILES string of the molecule is Cc1nc(-c2ccccc2)cn2c(O)c(Cc3ccc(O)cc3)nc12.Oc1c(Cc2ccco2)nc2c(Cc3ccccc3)nc(-c3ccccc3)cn12.Oc1ccc(Cc2nc3c(C4CC4)nc(-c4ccccc4)cn3c2O)cc1.Oc1ccc(Cc2nc3cnc(-c4ccccc4)cn3c2O)cc1. The van der Waals surface area contributed by atoms with E-state index in [9.17, 15) is 35.7 Å². The number of hydrogen-bond acceptors (Lipinski definition) is 16. The van der Waals surface area contributed by atoms with Crippen molar-refractivity contribution in [1.29, 1.82) is 0 Å². The third-order valence-corrected chi connectivity index (χ3v) is 18.1. The van der Waals surface area contributed by atoms with Gasteiger partial charge in [-0.05, 0) is 90.6 Å². The smallest absolute Gasteiger partial charge is 0.219 e. The predicted octanol–water partition coefficient (Wildman–Crippen LogP) is 16.3. The fraction of sp³-hybridized carbons (Fsp3) is 0.106. The molecule has 9 aromatic heterocycles. The van der Waals surface area contributed by atoms with E-state index in [1.54, 1.807) is 78.9 Å². The Morgan fingerprint density at radius 1 is 0.333 bits per heavy atom. The zero-order valence-electron chi connectivity index (χ0n) is 56.9. The Morgan fingerprint density at radius 3 is 1.18 bits per heavy atom. The summed E-state index contributed by atoms with van der Waals surface area (Å²) in [6.07, 6.45) is 15.3. The lowest BCUT2D eigenvalue weighted by Crippen LogP contribution is -2.00. The molecule has 518 valence electrons. The molecule has 0 bridgehead atoms. The molecule has 0 unspecified atom stereocenters. The standard InChI is InChI=1S/C24H19N3O2.C22H19N3O2.C20H17N3O2.C19H15N3O2/c28-24-21(15-19-12-7-13-29-19)26-23-20(14-17-8-3-1-4-9-17)25-22(16-27(23)24)18-10-5-2-6-11-18;26-17-10-6-14(7-11-17)12-18-22(27)25-13-19(15-4-2-1-3-5-15)23-20(16-8-9-16)21(25)24-18;1-13-19-22-17(11-14-7-9-16(24)10-8-14)20(25)23(19)12-18(21-13)15-5-3-2-4-6-15;23-15-8-6-13(7-9-15)10-16-19(24)22-12-17(20-11-18(22)21-16)14-4-2-1-3-5-14/h1-13,16,28H,14-15H2;1-7,10-11,13,16,26-27H,8-9,12H2;2-10,12,24-25H,11H2,1H3;1-9,11-12,23-24H,10H2. The van der Waals surface area contributed by atoms with Crippen molar-refractivity contribution in [1.82, 2.24) is 57.5 Å². The number of aromatic hydroxyl groups is 7. The van der Waals surface area contributed by atoms with Crippen LogP contribution in [0.25, 0.3) is 67.6 Å². The van der Waals surface area contributed by atoms with Crippen molar-refractivity contribution in [3.05, 3.63) is 342 Å². The molecule has 0 radical (unpaired) electrons. The van der Waals surface area contributed by atoms with Crippen LogP contribution in [0.1, 0.15) is 86.6 Å². The number of imidazole rings is 4. The van der Waals surface area contributed by atoms with Gasteiger partial charge in [0.15, 0.2) is 22.6 Å². The lowest BCUT2D eigenvalue weighted by Gasteiger charge is -2.08. The number of phenols is 3. The molecule has 20 nitrogen and oxygen atoms in total. The summed E-state index contributed by atoms with van der Waals surface area (Å²) < 4.78 is 12.2. The average Bonchev–Trinajstić information content (AvgIpc) is 1.64. The van der Waals surface area contributed by atoms with Crippen molar-refractivity contribution in [3.63, 3.8) is 0 Å². The molecule has 0 spiro atoms. The van der Waals surface area contributed by atoms with Crippen LogP contribution >= 0.6 is 0 Å². The first kappa shape index (κ1) is 67.0. The van der Waals surface area contributed by atoms with E-state index < -0.39 is 0 Å². The Bertz CT molecular complexity index is 5830. The molecule has 1 aliphatic rings. The van der Waals surface area contributed by atoms with Gasteiger partial charge in [-0.25, -0.2) is 34.9 Å². The molecule has 105 heavy (non-hydrogen) atoms. The number of hydrogen-bond donors (Lipinski definition) is 7. The Hall–Kier alpha value is -13.9. The van der Waals surface area contributed by atoms with Gasteiger partial charge in [0, 0.05) is 78.6 Å². The van der Waals surface area contributed by atoms with E-state index in [0.29, 0.717) is 77.7 Å². The zero-order valence-corrected chi connectivity index (χ0v) is 56.9. The highest BCUT2D eigenvalue weighted by molar-refractivity contribution is 5.67. The molecule has 7 N–H and O–H groups in total. The van der Waals surface area contributed by atoms with Crippen molar-refractivity contribution >= 4 is 22.6 Å². The lowest BCUT2D eigenvalue weighted by molar-refractivity contribution is 0.438. The summed E-state index contributed by atoms with van der Waals surface area (Å²) in [5.74, 6) is 2.33. The van der Waals surface area contributed by atoms with Crippen LogP contribution in [0, 0.1) is 6.92 Å². The van der Waals surface area contributed by atoms with Crippen LogP contribution in [0.3, 0.4) is 0 Å². The zero-order chi connectivity index (χ0) is 71.9. The summed E-state index contributed by atoms with van der Waals surface area (Å²) in [5.41, 5.74) is 18.7. The van der Waals surface area contributed by atoms with Gasteiger partial charge in [-0.15, -0.1) is 0 Å². The average molecular weight is 1390 g/mol. The first-order valence-electron chi connectivity index (χ1n) is 34.2. The summed E-state index contributed by atoms with van der Waals surface area (Å²) >= 11 is 0. The van der Waals surface area contributed by atoms with Gasteiger partial charge in [-0.3, -0.25) is 22.6 Å². The van der Waals surface area contributed by atoms with E-state index in [-0.39, 0.29) is 40.8 Å². The second-order valence-corrected chi connectivity index (χ2v) is 25.6. The fourth-order valence-electron chi connectivity index (χ4n) is 12.5. The Balaban J connectivity index is 0.000000113. The largest absolute Gasteiger partial charge is 0.508 e. The molecule has 18 rings (SSSR count). The number of fused-ring (bicyclic) bond motifs is 4. The van der Waals surface area contributed by atoms with Crippen LogP contribution < -0.4 is 0 Å². The molecular formula is C85H70N12O8. The summed E-state index contributed by atoms with van der Waals surface area (Å²) in [7, 11) is 0. The normalized spacial score (nSPS) is 11.8. The van der Waals surface area contributed by atoms with Gasteiger partial charge >= 0.3 is 0 Å². The maximum Gasteiger partial charge on any atom is 0.219 e. The molecule has 8 aromatic carbocycles. The third-order valence-electron chi connectivity index (χ3n) is 18.1. The topological polar surface area (TPSA) is 276 Å². The number of rotatable bonds is 15. The van der Waals surface area contributed by atoms with Gasteiger partial charge in [0.1, 0.15) is 45.8 Å². The highest BCUT2D eigenvalue weighted by atomic mass is 16.3. The number of nitrogens with zero attached hydrogens (tertiary/aromatic N) is 12. The fourth-order valence-corrected chi connectivity index (χ4v) is 12.5. The Labute approximate surface area is 602 Å². The minimum absolute atomic E-state index is 0.109. The lowest BCUT2D eigenvalue weighted by atomic mass is 10.1. The molecule has 0 aliphatic heterocycles. The van der Waals surface area contributed by atoms with Gasteiger partial charge in [0.2, 0.25) is 23.5 Å². The summed E-state index contributed by atoms with van der Waals surface area (Å²) in [5, 5.41) is 71.0. The molecule has 0 saturated heterocycles. The third kappa shape index (κ3) is 15.1. The second kappa shape index (κ2) is 29.7. The highest BCUT2D eigenvalue weighted by Crippen LogP contribution is 2.43. The Kier molecular flexibility index (Phi) is 19.0. The van der Waals surface area contributed by atoms with Gasteiger partial charge in [-0.2, -0.15) is 0 Å². The number of furan rings is 1. The van der Waals surface area contributed by atoms with Gasteiger partial charge in [0.25, 0.3) is 0 Å². The first-order valence-corrected chi connectivity index (χ1v) is 34.2. The van der Waals surface area contributed by atoms with E-state index in [2.05, 4.69) is 32.1 Å². The van der Waals surface area contributed by atoms with Crippen LogP contribution in [-0.4, -0.2) is 93.2 Å². The molecule has 0 amide bonds. The van der Waals surface area contributed by atoms with Crippen LogP contribution in [-0.2, 0) is 32.1 Å². The van der Waals surface area contributed by atoms with E-state index in [1.807, 2.05) is 207 Å². The number of benzene rings is 8. The molecule has 1 fully saturated rings. The maximum absolute atomic E-state index is 10.9. The molecular weight excluding hydrogens is 1320 g/mol. The minimum atomic E-state index is 0.109. The summed E-state index contributed by atoms with van der Waals surface area (Å²) in [6.45, 7) is 1.89. The van der Waals surface area contributed by atoms with E-state index in [4.69, 9.17) is 24.4 Å². The van der Waals surface area contributed by atoms with Crippen molar-refractivity contribution in [2.45, 2.75) is 57.8 Å². The van der Waals surface area contributed by atoms with Crippen LogP contribution in [0.5, 0.6) is 40.8 Å². The molecule has 0 atom stereocenters. The van der Waals surface area contributed by atoms with Crippen LogP contribution in [0.2, 0.25) is 0 Å². The molecule has 17 aromatic rings. The van der Waals surface area contributed by atoms with E-state index in [0.717, 1.165) is 109 Å². The van der Waals surface area contributed by atoms with Crippen molar-refractivity contribution < 1.29 is 40.2 Å². The van der Waals surface area contributed by atoms with Gasteiger partial charge in [-0.1, -0.05) is 188 Å². The van der Waals surface area contributed by atoms with E-state index >= 15 is 0 Å². The Morgan fingerprint density at radius 2 is 0.705 bits per heavy atom. The van der Waals surface area contributed by atoms with Crippen molar-refractivity contribution in [2.75, 3.05) is 0 Å². The van der Waals surface area contributed by atoms with Gasteiger partial charge < -0.3 is 40.2 Å². The number of aromatic nitrogens is 12. The molecule has 1 aliphatic carbocycles. The molecule has 9 heterocycles. The monoisotopic (exact) mass is 1390 g/mol. The first-order chi connectivity index (χ1) is 51.3. The maximum atomic E-state index is 10.9. The minimum Gasteiger partial charge on any atom is -0.508 e. The molecule has 20 heteroatoms. The van der Waals surface area contributed by atoms with Crippen molar-refractivity contribution in [2.24, 2.45) is 0 Å². The van der Waals surface area contributed by atoms with Crippen LogP contribution in [0.4, 0.5) is 0 Å². The predicted molar refractivity (Wildman–Crippen MR) is 401 cm³/mol.